The van der Waals surface area contributed by atoms with Gasteiger partial charge in [0.25, 0.3) is 0 Å². The Bertz CT molecular complexity index is 223. The highest BCUT2D eigenvalue weighted by molar-refractivity contribution is 6.77. The Kier molecular flexibility index (Phi) is 7.29. The second-order valence-corrected chi connectivity index (χ2v) is 11.2. The van der Waals surface area contributed by atoms with Crippen molar-refractivity contribution in [1.82, 2.24) is 0 Å². The summed E-state index contributed by atoms with van der Waals surface area (Å²) in [7, 11) is -1.77. The molecule has 0 amide bonds. The monoisotopic (exact) mass is 258 g/mol. The molecule has 0 bridgehead atoms. The van der Waals surface area contributed by atoms with Crippen LogP contribution in [-0.4, -0.2) is 26.6 Å². The third-order valence-electron chi connectivity index (χ3n) is 3.83. The Labute approximate surface area is 108 Å². The molecule has 0 unspecified atom stereocenters. The lowest BCUT2D eigenvalue weighted by Gasteiger charge is -2.42. The Morgan fingerprint density at radius 2 is 1.47 bits per heavy atom. The van der Waals surface area contributed by atoms with E-state index in [9.17, 15) is 5.11 Å². The van der Waals surface area contributed by atoms with Crippen LogP contribution >= 0.6 is 0 Å². The van der Waals surface area contributed by atoms with E-state index in [4.69, 9.17) is 4.43 Å². The zero-order chi connectivity index (χ0) is 13.6. The van der Waals surface area contributed by atoms with E-state index in [1.54, 1.807) is 0 Å². The number of hydrogen-bond acceptors (Lipinski definition) is 2. The summed E-state index contributed by atoms with van der Waals surface area (Å²) in [6, 6.07) is 0. The maximum atomic E-state index is 9.21. The van der Waals surface area contributed by atoms with E-state index in [1.807, 2.05) is 13.0 Å². The molecule has 0 saturated carbocycles. The van der Waals surface area contributed by atoms with Gasteiger partial charge in [-0.25, -0.2) is 0 Å². The summed E-state index contributed by atoms with van der Waals surface area (Å²) >= 11 is 0. The number of aliphatic hydroxyl groups is 1. The van der Waals surface area contributed by atoms with E-state index in [0.717, 1.165) is 5.57 Å². The predicted molar refractivity (Wildman–Crippen MR) is 77.8 cm³/mol. The molecule has 2 nitrogen and oxygen atoms in total. The second-order valence-electron chi connectivity index (χ2n) is 5.71. The molecule has 0 heterocycles. The molecule has 0 atom stereocenters. The summed E-state index contributed by atoms with van der Waals surface area (Å²) in [5, 5.41) is 9.21. The summed E-state index contributed by atoms with van der Waals surface area (Å²) in [6.45, 7) is 16.3. The normalized spacial score (nSPS) is 14.2. The van der Waals surface area contributed by atoms with Crippen LogP contribution in [0.25, 0.3) is 0 Å². The molecule has 0 fully saturated rings. The van der Waals surface area contributed by atoms with Crippen molar-refractivity contribution >= 4 is 8.32 Å². The topological polar surface area (TPSA) is 29.5 Å². The fourth-order valence-electron chi connectivity index (χ4n) is 2.94. The van der Waals surface area contributed by atoms with Gasteiger partial charge in [0, 0.05) is 0 Å². The number of rotatable bonds is 7. The molecule has 0 aromatic rings. The van der Waals surface area contributed by atoms with Crippen LogP contribution in [0.15, 0.2) is 11.6 Å². The lowest BCUT2D eigenvalue weighted by atomic mass is 10.3. The Morgan fingerprint density at radius 1 is 1.06 bits per heavy atom. The molecule has 0 rings (SSSR count). The van der Waals surface area contributed by atoms with Crippen molar-refractivity contribution in [3.63, 3.8) is 0 Å². The molecule has 0 spiro atoms. The molecular formula is C14H30O2Si. The SMILES string of the molecule is C/C=C(\CO)CO[Si](C(C)C)(C(C)C)C(C)C. The van der Waals surface area contributed by atoms with Crippen LogP contribution < -0.4 is 0 Å². The zero-order valence-corrected chi connectivity index (χ0v) is 13.6. The molecule has 0 aliphatic heterocycles. The minimum atomic E-state index is -1.77. The van der Waals surface area contributed by atoms with Crippen molar-refractivity contribution in [3.05, 3.63) is 11.6 Å². The third kappa shape index (κ3) is 3.93. The first-order chi connectivity index (χ1) is 7.82. The smallest absolute Gasteiger partial charge is 0.200 e. The molecule has 0 saturated heterocycles. The van der Waals surface area contributed by atoms with Crippen LogP contribution in [-0.2, 0) is 4.43 Å². The van der Waals surface area contributed by atoms with Crippen LogP contribution in [0.3, 0.4) is 0 Å². The van der Waals surface area contributed by atoms with Gasteiger partial charge in [-0.3, -0.25) is 0 Å². The number of allylic oxidation sites excluding steroid dienone is 1. The van der Waals surface area contributed by atoms with Gasteiger partial charge in [0.2, 0.25) is 8.32 Å². The first kappa shape index (κ1) is 16.9. The van der Waals surface area contributed by atoms with E-state index in [2.05, 4.69) is 41.5 Å². The van der Waals surface area contributed by atoms with Crippen molar-refractivity contribution < 1.29 is 9.53 Å². The van der Waals surface area contributed by atoms with Gasteiger partial charge < -0.3 is 9.53 Å². The minimum Gasteiger partial charge on any atom is -0.412 e. The van der Waals surface area contributed by atoms with Gasteiger partial charge in [-0.2, -0.15) is 0 Å². The summed E-state index contributed by atoms with van der Waals surface area (Å²) in [5.74, 6) is 0. The van der Waals surface area contributed by atoms with Crippen molar-refractivity contribution in [2.75, 3.05) is 13.2 Å². The van der Waals surface area contributed by atoms with Crippen LogP contribution in [0.1, 0.15) is 48.5 Å². The second kappa shape index (κ2) is 7.34. The number of hydrogen-bond donors (Lipinski definition) is 1. The molecule has 17 heavy (non-hydrogen) atoms. The van der Waals surface area contributed by atoms with Crippen molar-refractivity contribution in [2.24, 2.45) is 0 Å². The third-order valence-corrected chi connectivity index (χ3v) is 9.88. The van der Waals surface area contributed by atoms with Gasteiger partial charge in [0.1, 0.15) is 0 Å². The van der Waals surface area contributed by atoms with Gasteiger partial charge in [-0.15, -0.1) is 0 Å². The fraction of sp³-hybridized carbons (Fsp3) is 0.857. The average molecular weight is 258 g/mol. The standard InChI is InChI=1S/C14H30O2Si/c1-8-14(9-15)10-16-17(11(2)3,12(4)5)13(6)7/h8,11-13,15H,9-10H2,1-7H3/b14-8+. The Morgan fingerprint density at radius 3 is 1.71 bits per heavy atom. The zero-order valence-electron chi connectivity index (χ0n) is 12.6. The van der Waals surface area contributed by atoms with Crippen LogP contribution in [0.2, 0.25) is 16.6 Å². The predicted octanol–water partition coefficient (Wildman–Crippen LogP) is 4.12. The summed E-state index contributed by atoms with van der Waals surface area (Å²) in [4.78, 5) is 0. The fourth-order valence-corrected chi connectivity index (χ4v) is 8.37. The van der Waals surface area contributed by atoms with Crippen molar-refractivity contribution in [1.29, 1.82) is 0 Å². The molecule has 0 aliphatic carbocycles. The first-order valence-corrected chi connectivity index (χ1v) is 8.85. The molecular weight excluding hydrogens is 228 g/mol. The highest BCUT2D eigenvalue weighted by atomic mass is 28.4. The summed E-state index contributed by atoms with van der Waals surface area (Å²) in [5.41, 5.74) is 2.78. The van der Waals surface area contributed by atoms with Crippen LogP contribution in [0.4, 0.5) is 0 Å². The van der Waals surface area contributed by atoms with Gasteiger partial charge in [-0.05, 0) is 29.1 Å². The Balaban J connectivity index is 4.94. The average Bonchev–Trinajstić information content (AvgIpc) is 2.23. The molecule has 1 N–H and O–H groups in total. The lowest BCUT2D eigenvalue weighted by Crippen LogP contribution is -2.48. The van der Waals surface area contributed by atoms with Gasteiger partial charge in [0.05, 0.1) is 13.2 Å². The molecule has 0 aromatic heterocycles. The van der Waals surface area contributed by atoms with Crippen molar-refractivity contribution in [3.8, 4) is 0 Å². The van der Waals surface area contributed by atoms with E-state index in [0.29, 0.717) is 23.2 Å². The molecule has 0 aromatic carbocycles. The summed E-state index contributed by atoms with van der Waals surface area (Å²) < 4.78 is 6.37. The molecule has 102 valence electrons. The first-order valence-electron chi connectivity index (χ1n) is 6.71. The molecule has 0 aliphatic rings. The van der Waals surface area contributed by atoms with E-state index < -0.39 is 8.32 Å². The van der Waals surface area contributed by atoms with E-state index >= 15 is 0 Å². The lowest BCUT2D eigenvalue weighted by molar-refractivity contribution is 0.267. The molecule has 3 heteroatoms. The maximum absolute atomic E-state index is 9.21. The van der Waals surface area contributed by atoms with Crippen LogP contribution in [0, 0.1) is 0 Å². The largest absolute Gasteiger partial charge is 0.412 e. The van der Waals surface area contributed by atoms with Crippen molar-refractivity contribution in [2.45, 2.75) is 65.1 Å². The Hall–Kier alpha value is -0.123. The quantitative estimate of drug-likeness (QED) is 0.550. The molecule has 0 radical (unpaired) electrons. The highest BCUT2D eigenvalue weighted by Gasteiger charge is 2.44. The van der Waals surface area contributed by atoms with Crippen LogP contribution in [0.5, 0.6) is 0 Å². The van der Waals surface area contributed by atoms with Gasteiger partial charge in [0.15, 0.2) is 0 Å². The highest BCUT2D eigenvalue weighted by Crippen LogP contribution is 2.42. The van der Waals surface area contributed by atoms with Gasteiger partial charge >= 0.3 is 0 Å². The van der Waals surface area contributed by atoms with Gasteiger partial charge in [-0.1, -0.05) is 47.6 Å². The van der Waals surface area contributed by atoms with E-state index in [1.165, 1.54) is 0 Å². The minimum absolute atomic E-state index is 0.106. The summed E-state index contributed by atoms with van der Waals surface area (Å²) in [6.07, 6.45) is 1.96. The van der Waals surface area contributed by atoms with E-state index in [-0.39, 0.29) is 6.61 Å². The number of aliphatic hydroxyl groups excluding tert-OH is 1. The maximum Gasteiger partial charge on any atom is 0.200 e.